The molecule has 3 aliphatic carbocycles. The molecular formula is C79H86F12N2O. The van der Waals surface area contributed by atoms with Crippen molar-refractivity contribution in [3.05, 3.63) is 217 Å². The van der Waals surface area contributed by atoms with Crippen molar-refractivity contribution >= 4 is 0 Å². The second-order valence-corrected chi connectivity index (χ2v) is 25.7. The zero-order valence-corrected chi connectivity index (χ0v) is 55.2. The van der Waals surface area contributed by atoms with Gasteiger partial charge in [-0.05, 0) is 166 Å². The molecule has 94 heavy (non-hydrogen) atoms. The van der Waals surface area contributed by atoms with Crippen LogP contribution in [0.1, 0.15) is 206 Å². The van der Waals surface area contributed by atoms with E-state index in [9.17, 15) is 52.7 Å². The summed E-state index contributed by atoms with van der Waals surface area (Å²) < 4.78 is 176. The minimum Gasteiger partial charge on any atom is -0.490 e. The number of ether oxygens (including phenoxy) is 1. The van der Waals surface area contributed by atoms with E-state index in [4.69, 9.17) is 4.74 Å². The van der Waals surface area contributed by atoms with Gasteiger partial charge in [-0.15, -0.1) is 0 Å². The van der Waals surface area contributed by atoms with Crippen molar-refractivity contribution in [2.75, 3.05) is 6.61 Å². The Hall–Kier alpha value is -7.42. The Balaban J connectivity index is 0.000000161. The predicted molar refractivity (Wildman–Crippen MR) is 352 cm³/mol. The lowest BCUT2D eigenvalue weighted by atomic mass is 9.77. The van der Waals surface area contributed by atoms with Gasteiger partial charge in [-0.3, -0.25) is 9.97 Å². The molecule has 0 unspecified atom stereocenters. The van der Waals surface area contributed by atoms with E-state index >= 15 is 0 Å². The molecule has 0 N–H and O–H groups in total. The zero-order chi connectivity index (χ0) is 67.9. The highest BCUT2D eigenvalue weighted by Crippen LogP contribution is 2.46. The smallest absolute Gasteiger partial charge is 0.201 e. The number of aromatic nitrogens is 2. The molecule has 15 heteroatoms. The molecule has 0 atom stereocenters. The van der Waals surface area contributed by atoms with Crippen LogP contribution >= 0.6 is 0 Å². The van der Waals surface area contributed by atoms with Crippen molar-refractivity contribution in [2.24, 2.45) is 11.8 Å². The minimum atomic E-state index is -1.19. The standard InChI is InChI=1S/C22H24F4.C20H20F4.C20H28N2.C17H14F4O/c1-3-4-14-6-8-15(9-7-14)16-11-12-18(22(26)20(16)24)17-10-5-13(2)19(23)21(17)25;1-11-3-6-13(7-4-11)14-9-10-16(20(24)18(14)22)15-8-5-12(2)17(21)19(15)23;1-3-5-6-7-8-10-17-11-13-18(14-12-17)20-16-21-19(9-4-2)15-22-20;1-3-4-22-11-7-10-6-9-5-8(2)14(18)16(20)12(9)13(10)17(21)15(11)19/h5,10-12,14-15H,3-4,6-9H2,1-2H3;5,8-11,13H,3-4,6-7H2,1-2H3;11-16H,3-10H2,1-2H3;5,7H,3-4,6H2,1-2H3. The van der Waals surface area contributed by atoms with Crippen LogP contribution in [0.3, 0.4) is 0 Å². The SMILES string of the molecule is CCCC1CCC(c2ccc(-c3ccc(C)c(F)c3F)c(F)c2F)CC1.CCCCCCCc1ccc(-c2cnc(CCC)cn2)cc1.CCCOc1cc2c(c(F)c1F)-c1c(cc(C)c(F)c1F)C2.Cc1ccc(-c2ccc(C3CCC(C)CC3)c(F)c2F)c(F)c1F. The van der Waals surface area contributed by atoms with Crippen molar-refractivity contribution in [2.45, 2.75) is 196 Å². The average molecular weight is 1310 g/mol. The molecular weight excluding hydrogens is 1220 g/mol. The number of aryl methyl sites for hydroxylation is 5. The molecule has 0 radical (unpaired) electrons. The third-order valence-corrected chi connectivity index (χ3v) is 18.6. The molecule has 502 valence electrons. The topological polar surface area (TPSA) is 35.0 Å². The van der Waals surface area contributed by atoms with E-state index in [1.54, 1.807) is 0 Å². The third-order valence-electron chi connectivity index (χ3n) is 18.6. The van der Waals surface area contributed by atoms with Crippen LogP contribution in [-0.4, -0.2) is 16.6 Å². The van der Waals surface area contributed by atoms with E-state index in [0.717, 1.165) is 87.6 Å². The zero-order valence-electron chi connectivity index (χ0n) is 55.2. The minimum absolute atomic E-state index is 0.00810. The van der Waals surface area contributed by atoms with Crippen molar-refractivity contribution < 1.29 is 57.4 Å². The maximum atomic E-state index is 14.7. The number of rotatable bonds is 18. The Morgan fingerprint density at radius 2 is 0.904 bits per heavy atom. The summed E-state index contributed by atoms with van der Waals surface area (Å²) >= 11 is 0. The monoisotopic (exact) mass is 1310 g/mol. The summed E-state index contributed by atoms with van der Waals surface area (Å²) in [6, 6.07) is 22.8. The summed E-state index contributed by atoms with van der Waals surface area (Å²) in [4.78, 5) is 9.01. The molecule has 0 saturated heterocycles. The molecule has 11 rings (SSSR count). The van der Waals surface area contributed by atoms with Crippen LogP contribution in [0.15, 0.2) is 97.3 Å². The van der Waals surface area contributed by atoms with Gasteiger partial charge in [-0.25, -0.2) is 48.3 Å². The van der Waals surface area contributed by atoms with E-state index in [1.165, 1.54) is 132 Å². The summed E-state index contributed by atoms with van der Waals surface area (Å²) in [5, 5.41) is 0. The fraction of sp³-hybridized carbons (Fsp3) is 0.418. The van der Waals surface area contributed by atoms with Crippen molar-refractivity contribution in [1.29, 1.82) is 0 Å². The maximum absolute atomic E-state index is 14.7. The summed E-state index contributed by atoms with van der Waals surface area (Å²) in [6.07, 6.45) is 24.4. The molecule has 3 aliphatic rings. The molecule has 1 aromatic heterocycles. The van der Waals surface area contributed by atoms with E-state index in [2.05, 4.69) is 61.9 Å². The van der Waals surface area contributed by atoms with Gasteiger partial charge in [-0.1, -0.05) is 171 Å². The van der Waals surface area contributed by atoms with Gasteiger partial charge in [0.25, 0.3) is 0 Å². The number of nitrogens with zero attached hydrogens (tertiary/aromatic N) is 2. The van der Waals surface area contributed by atoms with E-state index in [-0.39, 0.29) is 80.7 Å². The van der Waals surface area contributed by atoms with E-state index in [1.807, 2.05) is 19.3 Å². The van der Waals surface area contributed by atoms with Gasteiger partial charge >= 0.3 is 0 Å². The maximum Gasteiger partial charge on any atom is 0.201 e. The van der Waals surface area contributed by atoms with Gasteiger partial charge in [0.05, 0.1) is 24.2 Å². The van der Waals surface area contributed by atoms with Gasteiger partial charge in [0.2, 0.25) is 5.82 Å². The van der Waals surface area contributed by atoms with Crippen molar-refractivity contribution in [3.8, 4) is 50.4 Å². The number of fused-ring (bicyclic) bond motifs is 3. The summed E-state index contributed by atoms with van der Waals surface area (Å²) in [6.45, 7) is 15.1. The molecule has 0 bridgehead atoms. The Morgan fingerprint density at radius 3 is 1.40 bits per heavy atom. The highest BCUT2D eigenvalue weighted by Gasteiger charge is 2.33. The van der Waals surface area contributed by atoms with Crippen LogP contribution in [0.25, 0.3) is 44.6 Å². The number of halogens is 12. The van der Waals surface area contributed by atoms with Gasteiger partial charge < -0.3 is 4.74 Å². The lowest BCUT2D eigenvalue weighted by Gasteiger charge is -2.29. The normalized spacial score (nSPS) is 16.4. The molecule has 0 amide bonds. The fourth-order valence-electron chi connectivity index (χ4n) is 13.1. The first kappa shape index (κ1) is 72.4. The van der Waals surface area contributed by atoms with Gasteiger partial charge in [0.1, 0.15) is 0 Å². The first-order valence-corrected chi connectivity index (χ1v) is 33.5. The van der Waals surface area contributed by atoms with Crippen LogP contribution in [0.2, 0.25) is 0 Å². The van der Waals surface area contributed by atoms with Crippen LogP contribution in [0.5, 0.6) is 5.75 Å². The van der Waals surface area contributed by atoms with Gasteiger partial charge in [0, 0.05) is 45.1 Å². The second kappa shape index (κ2) is 33.8. The van der Waals surface area contributed by atoms with Crippen LogP contribution < -0.4 is 4.74 Å². The molecule has 0 spiro atoms. The number of benzene rings is 7. The predicted octanol–water partition coefficient (Wildman–Crippen LogP) is 24.3. The van der Waals surface area contributed by atoms with E-state index < -0.39 is 69.8 Å². The van der Waals surface area contributed by atoms with Crippen LogP contribution in [0, 0.1) is 102 Å². The first-order chi connectivity index (χ1) is 45.1. The molecule has 8 aromatic rings. The number of unbranched alkanes of at least 4 members (excludes halogenated alkanes) is 4. The average Bonchev–Trinajstić information content (AvgIpc) is 1.56. The largest absolute Gasteiger partial charge is 0.490 e. The van der Waals surface area contributed by atoms with E-state index in [0.29, 0.717) is 40.5 Å². The summed E-state index contributed by atoms with van der Waals surface area (Å²) in [5.74, 6) is -11.9. The highest BCUT2D eigenvalue weighted by atomic mass is 19.2. The van der Waals surface area contributed by atoms with Crippen LogP contribution in [-0.2, 0) is 19.3 Å². The molecule has 2 saturated carbocycles. The molecule has 2 fully saturated rings. The Bertz CT molecular complexity index is 3850. The fourth-order valence-corrected chi connectivity index (χ4v) is 13.1. The van der Waals surface area contributed by atoms with Crippen molar-refractivity contribution in [3.63, 3.8) is 0 Å². The Kier molecular flexibility index (Phi) is 26.0. The highest BCUT2D eigenvalue weighted by molar-refractivity contribution is 5.79. The summed E-state index contributed by atoms with van der Waals surface area (Å²) in [5.41, 5.74) is 5.24. The third kappa shape index (κ3) is 17.2. The van der Waals surface area contributed by atoms with Crippen molar-refractivity contribution in [1.82, 2.24) is 9.97 Å². The quantitative estimate of drug-likeness (QED) is 0.0634. The molecule has 0 aliphatic heterocycles. The Morgan fingerprint density at radius 1 is 0.415 bits per heavy atom. The van der Waals surface area contributed by atoms with Crippen LogP contribution in [0.4, 0.5) is 52.7 Å². The number of hydrogen-bond acceptors (Lipinski definition) is 3. The van der Waals surface area contributed by atoms with Gasteiger partial charge in [0.15, 0.2) is 69.7 Å². The molecule has 3 nitrogen and oxygen atoms in total. The molecule has 1 heterocycles. The van der Waals surface area contributed by atoms with Gasteiger partial charge in [-0.2, -0.15) is 4.39 Å². The summed E-state index contributed by atoms with van der Waals surface area (Å²) in [7, 11) is 0. The second-order valence-electron chi connectivity index (χ2n) is 25.7. The lowest BCUT2D eigenvalue weighted by molar-refractivity contribution is 0.295. The first-order valence-electron chi connectivity index (χ1n) is 33.5. The molecule has 7 aromatic carbocycles. The Labute approximate surface area is 546 Å². The number of hydrogen-bond donors (Lipinski definition) is 0. The lowest BCUT2D eigenvalue weighted by Crippen LogP contribution is -2.15.